The molecule has 0 saturated heterocycles. The van der Waals surface area contributed by atoms with E-state index in [1.807, 2.05) is 20.8 Å². The lowest BCUT2D eigenvalue weighted by Crippen LogP contribution is -2.19. The van der Waals surface area contributed by atoms with Crippen molar-refractivity contribution in [2.45, 2.75) is 47.5 Å². The van der Waals surface area contributed by atoms with Gasteiger partial charge in [0, 0.05) is 34.8 Å². The zero-order valence-corrected chi connectivity index (χ0v) is 18.3. The second kappa shape index (κ2) is 8.05. The summed E-state index contributed by atoms with van der Waals surface area (Å²) >= 11 is 0. The fourth-order valence-electron chi connectivity index (χ4n) is 3.41. The molecule has 0 aromatic heterocycles. The smallest absolute Gasteiger partial charge is 0.228 e. The van der Waals surface area contributed by atoms with Crippen molar-refractivity contribution in [2.24, 2.45) is 16.7 Å². The van der Waals surface area contributed by atoms with Crippen LogP contribution in [0.2, 0.25) is 0 Å². The van der Waals surface area contributed by atoms with Gasteiger partial charge in [0.1, 0.15) is 0 Å². The summed E-state index contributed by atoms with van der Waals surface area (Å²) in [7, 11) is 0. The molecular formula is C25H30N2O3. The van der Waals surface area contributed by atoms with E-state index in [2.05, 4.69) is 24.5 Å². The Balaban J connectivity index is 1.59. The topological polar surface area (TPSA) is 75.3 Å². The highest BCUT2D eigenvalue weighted by atomic mass is 16.2. The summed E-state index contributed by atoms with van der Waals surface area (Å²) < 4.78 is 0. The molecule has 3 rings (SSSR count). The van der Waals surface area contributed by atoms with Crippen molar-refractivity contribution in [3.05, 3.63) is 59.7 Å². The van der Waals surface area contributed by atoms with E-state index in [9.17, 15) is 14.4 Å². The molecule has 158 valence electrons. The Hall–Kier alpha value is -2.95. The van der Waals surface area contributed by atoms with Crippen molar-refractivity contribution >= 4 is 29.0 Å². The second-order valence-electron chi connectivity index (χ2n) is 10.0. The minimum Gasteiger partial charge on any atom is -0.326 e. The first-order valence-corrected chi connectivity index (χ1v) is 10.3. The quantitative estimate of drug-likeness (QED) is 0.641. The SMILES string of the molecule is CC(C)(C)CC(=O)Nc1ccc(C(=O)c2ccc(NC(=O)[C@H]3CC3(C)C)cc2)cc1. The van der Waals surface area contributed by atoms with E-state index in [1.54, 1.807) is 48.5 Å². The van der Waals surface area contributed by atoms with E-state index >= 15 is 0 Å². The lowest BCUT2D eigenvalue weighted by atomic mass is 9.92. The molecule has 5 heteroatoms. The Morgan fingerprint density at radius 3 is 1.70 bits per heavy atom. The fraction of sp³-hybridized carbons (Fsp3) is 0.400. The van der Waals surface area contributed by atoms with Crippen molar-refractivity contribution in [3.8, 4) is 0 Å². The lowest BCUT2D eigenvalue weighted by molar-refractivity contribution is -0.118. The van der Waals surface area contributed by atoms with Crippen LogP contribution >= 0.6 is 0 Å². The summed E-state index contributed by atoms with van der Waals surface area (Å²) in [5.74, 6) is -0.0676. The highest BCUT2D eigenvalue weighted by Gasteiger charge is 2.50. The van der Waals surface area contributed by atoms with E-state index in [0.717, 1.165) is 6.42 Å². The normalized spacial score (nSPS) is 17.2. The van der Waals surface area contributed by atoms with Crippen molar-refractivity contribution in [1.29, 1.82) is 0 Å². The molecule has 0 spiro atoms. The van der Waals surface area contributed by atoms with Crippen LogP contribution in [-0.4, -0.2) is 17.6 Å². The number of nitrogens with one attached hydrogen (secondary N) is 2. The molecule has 0 unspecified atom stereocenters. The molecule has 1 aliphatic carbocycles. The van der Waals surface area contributed by atoms with Crippen molar-refractivity contribution in [3.63, 3.8) is 0 Å². The Labute approximate surface area is 178 Å². The molecule has 30 heavy (non-hydrogen) atoms. The number of amides is 2. The Bertz CT molecular complexity index is 951. The lowest BCUT2D eigenvalue weighted by Gasteiger charge is -2.17. The molecule has 2 N–H and O–H groups in total. The average Bonchev–Trinajstić information content (AvgIpc) is 3.29. The summed E-state index contributed by atoms with van der Waals surface area (Å²) in [5.41, 5.74) is 2.45. The monoisotopic (exact) mass is 406 g/mol. The summed E-state index contributed by atoms with van der Waals surface area (Å²) in [6, 6.07) is 13.8. The fourth-order valence-corrected chi connectivity index (χ4v) is 3.41. The molecule has 0 bridgehead atoms. The average molecular weight is 407 g/mol. The maximum atomic E-state index is 12.7. The van der Waals surface area contributed by atoms with Crippen LogP contribution in [0.25, 0.3) is 0 Å². The van der Waals surface area contributed by atoms with Gasteiger partial charge in [-0.05, 0) is 65.8 Å². The maximum absolute atomic E-state index is 12.7. The minimum atomic E-state index is -0.108. The molecular weight excluding hydrogens is 376 g/mol. The molecule has 1 aliphatic rings. The van der Waals surface area contributed by atoms with Gasteiger partial charge in [0.2, 0.25) is 11.8 Å². The predicted octanol–water partition coefficient (Wildman–Crippen LogP) is 5.28. The predicted molar refractivity (Wildman–Crippen MR) is 120 cm³/mol. The first-order valence-electron chi connectivity index (χ1n) is 10.3. The number of benzene rings is 2. The number of carbonyl (C=O) groups is 3. The summed E-state index contributed by atoms with van der Waals surface area (Å²) in [6.45, 7) is 10.2. The summed E-state index contributed by atoms with van der Waals surface area (Å²) in [4.78, 5) is 37.0. The van der Waals surface area contributed by atoms with Gasteiger partial charge in [-0.15, -0.1) is 0 Å². The third kappa shape index (κ3) is 5.56. The van der Waals surface area contributed by atoms with Gasteiger partial charge in [-0.1, -0.05) is 34.6 Å². The summed E-state index contributed by atoms with van der Waals surface area (Å²) in [6.07, 6.45) is 1.33. The molecule has 2 aromatic rings. The third-order valence-electron chi connectivity index (χ3n) is 5.37. The molecule has 0 aliphatic heterocycles. The van der Waals surface area contributed by atoms with Crippen molar-refractivity contribution < 1.29 is 14.4 Å². The number of anilines is 2. The molecule has 1 saturated carbocycles. The van der Waals surface area contributed by atoms with Crippen molar-refractivity contribution in [1.82, 2.24) is 0 Å². The van der Waals surface area contributed by atoms with E-state index < -0.39 is 0 Å². The number of ketones is 1. The highest BCUT2D eigenvalue weighted by molar-refractivity contribution is 6.09. The van der Waals surface area contributed by atoms with Crippen LogP contribution in [0.4, 0.5) is 11.4 Å². The van der Waals surface area contributed by atoms with Crippen molar-refractivity contribution in [2.75, 3.05) is 10.6 Å². The van der Waals surface area contributed by atoms with Crippen LogP contribution < -0.4 is 10.6 Å². The van der Waals surface area contributed by atoms with E-state index in [0.29, 0.717) is 28.9 Å². The first kappa shape index (κ1) is 21.8. The number of hydrogen-bond acceptors (Lipinski definition) is 3. The minimum absolute atomic E-state index is 0.0307. The van der Waals surface area contributed by atoms with Gasteiger partial charge in [0.25, 0.3) is 0 Å². The number of hydrogen-bond donors (Lipinski definition) is 2. The zero-order chi connectivity index (χ0) is 22.1. The van der Waals surface area contributed by atoms with Crippen LogP contribution in [0.15, 0.2) is 48.5 Å². The second-order valence-corrected chi connectivity index (χ2v) is 10.0. The summed E-state index contributed by atoms with van der Waals surface area (Å²) in [5, 5.41) is 5.78. The van der Waals surface area contributed by atoms with E-state index in [4.69, 9.17) is 0 Å². The number of carbonyl (C=O) groups excluding carboxylic acids is 3. The first-order chi connectivity index (χ1) is 13.9. The van der Waals surface area contributed by atoms with Gasteiger partial charge in [0.05, 0.1) is 0 Å². The van der Waals surface area contributed by atoms with Gasteiger partial charge in [0.15, 0.2) is 5.78 Å². The Morgan fingerprint density at radius 1 is 0.867 bits per heavy atom. The van der Waals surface area contributed by atoms with Crippen LogP contribution in [0, 0.1) is 16.7 Å². The maximum Gasteiger partial charge on any atom is 0.228 e. The van der Waals surface area contributed by atoms with Crippen LogP contribution in [-0.2, 0) is 9.59 Å². The standard InChI is InChI=1S/C25H30N2O3/c1-24(2,3)15-21(28)26-18-10-6-16(7-11-18)22(29)17-8-12-19(13-9-17)27-23(30)20-14-25(20,4)5/h6-13,20H,14-15H2,1-5H3,(H,26,28)(H,27,30)/t20-/m1/s1. The third-order valence-corrected chi connectivity index (χ3v) is 5.37. The van der Waals surface area contributed by atoms with Gasteiger partial charge >= 0.3 is 0 Å². The molecule has 5 nitrogen and oxygen atoms in total. The molecule has 0 radical (unpaired) electrons. The van der Waals surface area contributed by atoms with Gasteiger partial charge in [-0.2, -0.15) is 0 Å². The largest absolute Gasteiger partial charge is 0.326 e. The van der Waals surface area contributed by atoms with E-state index in [-0.39, 0.29) is 34.3 Å². The van der Waals surface area contributed by atoms with Gasteiger partial charge in [-0.25, -0.2) is 0 Å². The van der Waals surface area contributed by atoms with Crippen LogP contribution in [0.1, 0.15) is 63.4 Å². The van der Waals surface area contributed by atoms with E-state index in [1.165, 1.54) is 0 Å². The molecule has 0 heterocycles. The van der Waals surface area contributed by atoms with Crippen LogP contribution in [0.3, 0.4) is 0 Å². The zero-order valence-electron chi connectivity index (χ0n) is 18.3. The van der Waals surface area contributed by atoms with Gasteiger partial charge < -0.3 is 10.6 Å². The van der Waals surface area contributed by atoms with Gasteiger partial charge in [-0.3, -0.25) is 14.4 Å². The van der Waals surface area contributed by atoms with Crippen LogP contribution in [0.5, 0.6) is 0 Å². The molecule has 2 aromatic carbocycles. The highest BCUT2D eigenvalue weighted by Crippen LogP contribution is 2.51. The molecule has 1 fully saturated rings. The Morgan fingerprint density at radius 2 is 1.30 bits per heavy atom. The number of rotatable bonds is 6. The molecule has 1 atom stereocenters. The Kier molecular flexibility index (Phi) is 5.84. The molecule has 2 amide bonds.